The van der Waals surface area contributed by atoms with Crippen molar-refractivity contribution < 1.29 is 57.6 Å². The van der Waals surface area contributed by atoms with Crippen molar-refractivity contribution in [1.82, 2.24) is 23.7 Å². The van der Waals surface area contributed by atoms with E-state index < -0.39 is 377 Å². The lowest BCUT2D eigenvalue weighted by Crippen LogP contribution is -2.74. The normalized spacial score (nSPS) is 20.4. The third-order valence-electron chi connectivity index (χ3n) is 11.5. The van der Waals surface area contributed by atoms with E-state index in [1.807, 2.05) is 0 Å². The maximum Gasteiger partial charge on any atom is 0.237 e. The van der Waals surface area contributed by atoms with Crippen LogP contribution in [0.1, 0.15) is 57.6 Å². The Morgan fingerprint density at radius 2 is 0.657 bits per heavy atom. The van der Waals surface area contributed by atoms with Crippen LogP contribution in [-0.4, -0.2) is 31.7 Å². The van der Waals surface area contributed by atoms with Gasteiger partial charge in [-0.2, -0.15) is 4.98 Å². The van der Waals surface area contributed by atoms with Crippen molar-refractivity contribution in [2.24, 2.45) is 0 Å². The number of para-hydroxylation sites is 6. The van der Waals surface area contributed by atoms with Crippen molar-refractivity contribution in [3.8, 4) is 28.7 Å². The number of rotatable bonds is 8. The maximum absolute atomic E-state index is 11.5. The summed E-state index contributed by atoms with van der Waals surface area (Å²) in [6.45, 7) is 0. The van der Waals surface area contributed by atoms with E-state index in [2.05, 4.69) is 0 Å². The summed E-state index contributed by atoms with van der Waals surface area (Å²) in [5.41, 5.74) is -9.21. The molecule has 0 spiro atoms. The molecule has 0 aliphatic heterocycles. The fourth-order valence-electron chi connectivity index (χ4n) is 8.68. The molecule has 4 heterocycles. The lowest BCUT2D eigenvalue weighted by Gasteiger charge is -2.35. The van der Waals surface area contributed by atoms with Crippen LogP contribution in [0.4, 0.5) is 0 Å². The highest BCUT2D eigenvalue weighted by Gasteiger charge is 2.42. The van der Waals surface area contributed by atoms with Crippen LogP contribution >= 0.6 is 0 Å². The lowest BCUT2D eigenvalue weighted by atomic mass is 10.1. The van der Waals surface area contributed by atoms with Gasteiger partial charge in [0.2, 0.25) is 5.95 Å². The summed E-state index contributed by atoms with van der Waals surface area (Å²) in [7, 11) is -7.01. The third-order valence-corrected chi connectivity index (χ3v) is 15.5. The molecule has 14 aromatic rings. The molecule has 0 bridgehead atoms. The number of benzene rings is 10. The van der Waals surface area contributed by atoms with Gasteiger partial charge in [0.1, 0.15) is 5.82 Å². The summed E-state index contributed by atoms with van der Waals surface area (Å²) in [6, 6.07) is -51.0. The summed E-state index contributed by atoms with van der Waals surface area (Å²) in [5, 5.41) is -10.1. The standard InChI is InChI=1S/C64H43N5Si/c1-4-22-44(23-5-1)70(45-24-6-2-7-25-45,46-26-8-3-9-27-46)47-40-41-62(67-56-34-16-10-28-48(56)49-29-11-17-35-57(49)67)54(42-47)55-43-63(68-58-36-18-12-30-50(58)51-31-13-19-37-59(51)68)66-64(65-55)69-60-38-20-14-32-52(60)53-33-15-21-39-61(53)69/h1-43H/i1D,2D,3D,4D,5D,6D,7D,8D,9D,10D,11D,12D,13D,14D,15D,16D,17D,18D,19D,20D,21D,22D,23D,24D,25D,26D,27D,28D,29D,30D,31D,32D,33D,34D,35D,36D,37D,38D,39D,40D,41D,42D. The zero-order valence-electron chi connectivity index (χ0n) is 76.8. The molecule has 6 heteroatoms. The van der Waals surface area contributed by atoms with E-state index in [9.17, 15) is 37.0 Å². The van der Waals surface area contributed by atoms with Gasteiger partial charge in [0, 0.05) is 43.9 Å². The third kappa shape index (κ3) is 5.97. The zero-order valence-corrected chi connectivity index (χ0v) is 35.8. The highest BCUT2D eigenvalue weighted by atomic mass is 28.3. The monoisotopic (exact) mass is 952 g/mol. The molecule has 0 unspecified atom stereocenters. The predicted molar refractivity (Wildman–Crippen MR) is 294 cm³/mol. The average molecular weight is 952 g/mol. The van der Waals surface area contributed by atoms with Crippen LogP contribution in [0.2, 0.25) is 0 Å². The molecule has 0 fully saturated rings. The van der Waals surface area contributed by atoms with Crippen molar-refractivity contribution in [1.29, 1.82) is 0 Å². The first kappa shape index (κ1) is 16.3. The van der Waals surface area contributed by atoms with Crippen LogP contribution in [0.15, 0.2) is 260 Å². The van der Waals surface area contributed by atoms with Gasteiger partial charge in [-0.05, 0) is 63.0 Å². The Bertz CT molecular complexity index is 6190. The van der Waals surface area contributed by atoms with Crippen LogP contribution in [0.3, 0.4) is 0 Å². The van der Waals surface area contributed by atoms with Crippen molar-refractivity contribution >= 4 is 94.2 Å². The van der Waals surface area contributed by atoms with E-state index in [4.69, 9.17) is 30.5 Å². The van der Waals surface area contributed by atoms with Gasteiger partial charge in [0.15, 0.2) is 8.07 Å². The van der Waals surface area contributed by atoms with Gasteiger partial charge in [-0.25, -0.2) is 4.98 Å². The summed E-state index contributed by atoms with van der Waals surface area (Å²) >= 11 is 0. The van der Waals surface area contributed by atoms with Gasteiger partial charge >= 0.3 is 0 Å². The number of fused-ring (bicyclic) bond motifs is 9. The highest BCUT2D eigenvalue weighted by Crippen LogP contribution is 2.39. The Labute approximate surface area is 464 Å². The van der Waals surface area contributed by atoms with Crippen LogP contribution in [-0.2, 0) is 0 Å². The molecule has 0 saturated carbocycles. The first-order valence-corrected chi connectivity index (χ1v) is 22.5. The Kier molecular flexibility index (Phi) is 3.72. The van der Waals surface area contributed by atoms with E-state index in [1.54, 1.807) is 0 Å². The molecule has 0 saturated heterocycles. The van der Waals surface area contributed by atoms with E-state index >= 15 is 0 Å². The number of hydrogen-bond donors (Lipinski definition) is 0. The van der Waals surface area contributed by atoms with Gasteiger partial charge in [0.05, 0.1) is 102 Å². The summed E-state index contributed by atoms with van der Waals surface area (Å²) < 4.78 is 400. The minimum atomic E-state index is -7.01. The van der Waals surface area contributed by atoms with Crippen molar-refractivity contribution in [3.63, 3.8) is 0 Å². The fourth-order valence-corrected chi connectivity index (χ4v) is 12.2. The second-order valence-corrected chi connectivity index (χ2v) is 18.5. The molecule has 0 aliphatic rings. The smallest absolute Gasteiger partial charge is 0.237 e. The average Bonchev–Trinajstić information content (AvgIpc) is 0.885. The largest absolute Gasteiger partial charge is 0.309 e. The minimum absolute atomic E-state index is 0.503. The quantitative estimate of drug-likeness (QED) is 0.112. The summed E-state index contributed by atoms with van der Waals surface area (Å²) in [5.74, 6) is -2.28. The first-order chi connectivity index (χ1) is 52.2. The molecule has 0 N–H and O–H groups in total. The SMILES string of the molecule is [2H]c1c([2H])c([2H])c([Si](c2c([2H])c([2H])c([2H])c([2H])c2[2H])(c2c([2H])c([2H])c([2H])c([2H])c2[2H])c2c([2H])c([2H])c(-n3c4c([2H])c([2H])c([2H])c([2H])c4c4c([2H])c([2H])c([2H])c([2H])c43)c(-c3cc(-n4c5c([2H])c([2H])c([2H])c([2H])c5c5c([2H])c([2H])c([2H])c([2H])c54)nc(-n4c5c([2H])c([2H])c([2H])c([2H])c5c5c([2H])c([2H])c([2H])c([2H])c54)n3)c2[2H])c([2H])c1[2H]. The van der Waals surface area contributed by atoms with E-state index in [-0.39, 0.29) is 0 Å². The molecule has 328 valence electrons. The van der Waals surface area contributed by atoms with Gasteiger partial charge in [-0.15, -0.1) is 0 Å². The van der Waals surface area contributed by atoms with Crippen LogP contribution < -0.4 is 20.7 Å². The Morgan fingerprint density at radius 3 is 1.06 bits per heavy atom. The second-order valence-electron chi connectivity index (χ2n) is 15.0. The molecule has 70 heavy (non-hydrogen) atoms. The molecule has 4 aromatic heterocycles. The highest BCUT2D eigenvalue weighted by molar-refractivity contribution is 7.20. The van der Waals surface area contributed by atoms with Crippen LogP contribution in [0.5, 0.6) is 0 Å². The number of aromatic nitrogens is 5. The summed E-state index contributed by atoms with van der Waals surface area (Å²) in [6.07, 6.45) is 0. The van der Waals surface area contributed by atoms with E-state index in [0.29, 0.717) is 19.8 Å². The van der Waals surface area contributed by atoms with Gasteiger partial charge in [0.25, 0.3) is 0 Å². The Hall–Kier alpha value is -9.10. The van der Waals surface area contributed by atoms with E-state index in [1.165, 1.54) is 0 Å². The molecule has 14 rings (SSSR count). The molecule has 5 nitrogen and oxygen atoms in total. The van der Waals surface area contributed by atoms with Crippen LogP contribution in [0, 0.1) is 0 Å². The lowest BCUT2D eigenvalue weighted by molar-refractivity contribution is 0.951. The maximum atomic E-state index is 11.5. The molecular weight excluding hydrogens is 867 g/mol. The van der Waals surface area contributed by atoms with Crippen LogP contribution in [0.25, 0.3) is 94.1 Å². The van der Waals surface area contributed by atoms with Crippen molar-refractivity contribution in [2.45, 2.75) is 0 Å². The van der Waals surface area contributed by atoms with Gasteiger partial charge in [-0.3, -0.25) is 9.13 Å². The van der Waals surface area contributed by atoms with Gasteiger partial charge < -0.3 is 4.57 Å². The molecular formula is C64H43N5Si. The molecule has 0 atom stereocenters. The Morgan fingerprint density at radius 1 is 0.314 bits per heavy atom. The fraction of sp³-hybridized carbons (Fsp3) is 0. The van der Waals surface area contributed by atoms with Gasteiger partial charge in [-0.1, -0.05) is 211 Å². The number of hydrogen-bond acceptors (Lipinski definition) is 2. The predicted octanol–water partition coefficient (Wildman–Crippen LogP) is 12.8. The Balaban J connectivity index is 1.41. The van der Waals surface area contributed by atoms with Crippen molar-refractivity contribution in [3.05, 3.63) is 260 Å². The molecule has 0 radical (unpaired) electrons. The second kappa shape index (κ2) is 16.0. The molecule has 0 amide bonds. The molecule has 0 aliphatic carbocycles. The van der Waals surface area contributed by atoms with Crippen molar-refractivity contribution in [2.75, 3.05) is 0 Å². The minimum Gasteiger partial charge on any atom is -0.309 e. The number of nitrogens with zero attached hydrogens (tertiary/aromatic N) is 5. The topological polar surface area (TPSA) is 40.6 Å². The van der Waals surface area contributed by atoms with E-state index in [0.717, 1.165) is 0 Å². The zero-order chi connectivity index (χ0) is 82.7. The first-order valence-electron chi connectivity index (χ1n) is 41.5. The molecule has 10 aromatic carbocycles. The summed E-state index contributed by atoms with van der Waals surface area (Å²) in [4.78, 5) is 9.66.